The molecule has 25 heavy (non-hydrogen) atoms. The van der Waals surface area contributed by atoms with E-state index in [1.807, 2.05) is 13.0 Å². The molecule has 0 bridgehead atoms. The fraction of sp³-hybridized carbons (Fsp3) is 0.263. The number of rotatable bonds is 3. The highest BCUT2D eigenvalue weighted by Crippen LogP contribution is 2.40. The molecule has 2 aromatic rings. The molecule has 6 heteroatoms. The molecular formula is C19H17NO5. The van der Waals surface area contributed by atoms with Gasteiger partial charge in [0.05, 0.1) is 6.42 Å². The Morgan fingerprint density at radius 2 is 1.92 bits per heavy atom. The van der Waals surface area contributed by atoms with Crippen molar-refractivity contribution in [2.24, 2.45) is 0 Å². The van der Waals surface area contributed by atoms with Crippen LogP contribution < -0.4 is 14.8 Å². The van der Waals surface area contributed by atoms with Gasteiger partial charge in [0, 0.05) is 16.8 Å². The number of carbonyl (C=O) groups is 2. The summed E-state index contributed by atoms with van der Waals surface area (Å²) in [4.78, 5) is 25.0. The number of hydrogen-bond donors (Lipinski definition) is 2. The standard InChI is InChI=1S/C19H17NO5/c1-11-2-4-14-13(8-11)19(23,18(22)20-14)10-15(21)12-3-5-16-17(9-12)25-7-6-24-16/h2-5,8-9,23H,6-7,10H2,1H3,(H,20,22)/t19-/m1/s1. The molecule has 4 rings (SSSR count). The molecule has 2 N–H and O–H groups in total. The van der Waals surface area contributed by atoms with Gasteiger partial charge in [0.25, 0.3) is 5.91 Å². The molecule has 2 aliphatic rings. The van der Waals surface area contributed by atoms with Crippen molar-refractivity contribution in [3.05, 3.63) is 53.1 Å². The molecule has 1 atom stereocenters. The number of fused-ring (bicyclic) bond motifs is 2. The zero-order chi connectivity index (χ0) is 17.6. The second-order valence-corrected chi connectivity index (χ2v) is 6.32. The molecule has 2 heterocycles. The van der Waals surface area contributed by atoms with Gasteiger partial charge in [0.1, 0.15) is 13.2 Å². The first-order chi connectivity index (χ1) is 12.0. The van der Waals surface area contributed by atoms with Crippen molar-refractivity contribution < 1.29 is 24.2 Å². The van der Waals surface area contributed by atoms with Crippen LogP contribution in [-0.2, 0) is 10.4 Å². The van der Waals surface area contributed by atoms with Crippen molar-refractivity contribution in [2.45, 2.75) is 18.9 Å². The van der Waals surface area contributed by atoms with Crippen molar-refractivity contribution in [3.63, 3.8) is 0 Å². The Morgan fingerprint density at radius 3 is 2.72 bits per heavy atom. The Kier molecular flexibility index (Phi) is 3.51. The average Bonchev–Trinajstić information content (AvgIpc) is 2.85. The number of benzene rings is 2. The predicted octanol–water partition coefficient (Wildman–Crippen LogP) is 2.18. The molecule has 0 aliphatic carbocycles. The third-order valence-corrected chi connectivity index (χ3v) is 4.53. The van der Waals surface area contributed by atoms with Crippen LogP contribution in [-0.4, -0.2) is 30.0 Å². The van der Waals surface area contributed by atoms with E-state index in [4.69, 9.17) is 9.47 Å². The summed E-state index contributed by atoms with van der Waals surface area (Å²) in [5.41, 5.74) is 0.370. The third-order valence-electron chi connectivity index (χ3n) is 4.53. The lowest BCUT2D eigenvalue weighted by Gasteiger charge is -2.21. The van der Waals surface area contributed by atoms with E-state index < -0.39 is 11.5 Å². The fourth-order valence-corrected chi connectivity index (χ4v) is 3.18. The SMILES string of the molecule is Cc1ccc2c(c1)[C@](O)(CC(=O)c1ccc3c(c1)OCCO3)C(=O)N2. The number of hydrogen-bond acceptors (Lipinski definition) is 5. The second kappa shape index (κ2) is 5.60. The van der Waals surface area contributed by atoms with Gasteiger partial charge in [-0.3, -0.25) is 9.59 Å². The quantitative estimate of drug-likeness (QED) is 0.837. The number of aryl methyl sites for hydroxylation is 1. The van der Waals surface area contributed by atoms with Gasteiger partial charge in [-0.2, -0.15) is 0 Å². The van der Waals surface area contributed by atoms with Crippen LogP contribution in [0.25, 0.3) is 0 Å². The smallest absolute Gasteiger partial charge is 0.261 e. The molecule has 0 aromatic heterocycles. The molecule has 2 aromatic carbocycles. The van der Waals surface area contributed by atoms with Crippen molar-refractivity contribution in [3.8, 4) is 11.5 Å². The molecular weight excluding hydrogens is 322 g/mol. The molecule has 128 valence electrons. The molecule has 2 aliphatic heterocycles. The van der Waals surface area contributed by atoms with E-state index in [1.165, 1.54) is 0 Å². The number of amides is 1. The monoisotopic (exact) mass is 339 g/mol. The summed E-state index contributed by atoms with van der Waals surface area (Å²) >= 11 is 0. The number of ketones is 1. The fourth-order valence-electron chi connectivity index (χ4n) is 3.18. The van der Waals surface area contributed by atoms with Crippen molar-refractivity contribution >= 4 is 17.4 Å². The number of ether oxygens (including phenoxy) is 2. The zero-order valence-electron chi connectivity index (χ0n) is 13.7. The number of aliphatic hydroxyl groups is 1. The van der Waals surface area contributed by atoms with Crippen molar-refractivity contribution in [1.82, 2.24) is 0 Å². The summed E-state index contributed by atoms with van der Waals surface area (Å²) in [6, 6.07) is 10.2. The minimum absolute atomic E-state index is 0.338. The zero-order valence-corrected chi connectivity index (χ0v) is 13.7. The first-order valence-electron chi connectivity index (χ1n) is 8.05. The lowest BCUT2D eigenvalue weighted by molar-refractivity contribution is -0.133. The summed E-state index contributed by atoms with van der Waals surface area (Å²) in [5, 5.41) is 13.6. The Morgan fingerprint density at radius 1 is 1.16 bits per heavy atom. The molecule has 0 saturated carbocycles. The first kappa shape index (κ1) is 15.7. The molecule has 0 saturated heterocycles. The van der Waals surface area contributed by atoms with E-state index in [2.05, 4.69) is 5.32 Å². The van der Waals surface area contributed by atoms with E-state index in [9.17, 15) is 14.7 Å². The normalized spacial score (nSPS) is 20.8. The van der Waals surface area contributed by atoms with Crippen molar-refractivity contribution in [1.29, 1.82) is 0 Å². The minimum atomic E-state index is -1.87. The summed E-state index contributed by atoms with van der Waals surface area (Å²) in [7, 11) is 0. The Balaban J connectivity index is 1.65. The minimum Gasteiger partial charge on any atom is -0.486 e. The highest BCUT2D eigenvalue weighted by molar-refractivity contribution is 6.09. The Hall–Kier alpha value is -2.86. The third kappa shape index (κ3) is 2.55. The largest absolute Gasteiger partial charge is 0.486 e. The predicted molar refractivity (Wildman–Crippen MR) is 90.1 cm³/mol. The molecule has 0 unspecified atom stereocenters. The average molecular weight is 339 g/mol. The van der Waals surface area contributed by atoms with E-state index in [0.717, 1.165) is 5.56 Å². The van der Waals surface area contributed by atoms with Gasteiger partial charge < -0.3 is 19.9 Å². The van der Waals surface area contributed by atoms with Crippen LogP contribution in [0.5, 0.6) is 11.5 Å². The second-order valence-electron chi connectivity index (χ2n) is 6.32. The summed E-state index contributed by atoms with van der Waals surface area (Å²) in [5.74, 6) is 0.153. The lowest BCUT2D eigenvalue weighted by Crippen LogP contribution is -2.36. The van der Waals surface area contributed by atoms with Crippen LogP contribution in [0.4, 0.5) is 5.69 Å². The first-order valence-corrected chi connectivity index (χ1v) is 8.05. The van der Waals surface area contributed by atoms with Crippen LogP contribution in [0.2, 0.25) is 0 Å². The van der Waals surface area contributed by atoms with Crippen LogP contribution in [0.1, 0.15) is 27.9 Å². The number of Topliss-reactive ketones (excluding diaryl/α,β-unsaturated/α-hetero) is 1. The van der Waals surface area contributed by atoms with E-state index >= 15 is 0 Å². The molecule has 0 radical (unpaired) electrons. The van der Waals surface area contributed by atoms with Crippen LogP contribution in [0, 0.1) is 6.92 Å². The Bertz CT molecular complexity index is 891. The van der Waals surface area contributed by atoms with Crippen LogP contribution >= 0.6 is 0 Å². The molecule has 0 spiro atoms. The van der Waals surface area contributed by atoms with Gasteiger partial charge in [0.2, 0.25) is 0 Å². The van der Waals surface area contributed by atoms with Crippen molar-refractivity contribution in [2.75, 3.05) is 18.5 Å². The maximum absolute atomic E-state index is 12.7. The van der Waals surface area contributed by atoms with Gasteiger partial charge in [-0.1, -0.05) is 17.7 Å². The van der Waals surface area contributed by atoms with Gasteiger partial charge in [-0.05, 0) is 31.2 Å². The van der Waals surface area contributed by atoms with E-state index in [1.54, 1.807) is 30.3 Å². The molecule has 6 nitrogen and oxygen atoms in total. The summed E-state index contributed by atoms with van der Waals surface area (Å²) in [6.07, 6.45) is -0.338. The molecule has 0 fully saturated rings. The summed E-state index contributed by atoms with van der Waals surface area (Å²) < 4.78 is 10.9. The topological polar surface area (TPSA) is 84.9 Å². The summed E-state index contributed by atoms with van der Waals surface area (Å²) in [6.45, 7) is 2.76. The van der Waals surface area contributed by atoms with Crippen LogP contribution in [0.3, 0.4) is 0 Å². The van der Waals surface area contributed by atoms with Gasteiger partial charge >= 0.3 is 0 Å². The van der Waals surface area contributed by atoms with E-state index in [-0.39, 0.29) is 12.2 Å². The van der Waals surface area contributed by atoms with Gasteiger partial charge in [-0.25, -0.2) is 0 Å². The van der Waals surface area contributed by atoms with Gasteiger partial charge in [0.15, 0.2) is 22.9 Å². The van der Waals surface area contributed by atoms with E-state index in [0.29, 0.717) is 41.5 Å². The number of nitrogens with one attached hydrogen (secondary N) is 1. The Labute approximate surface area is 144 Å². The van der Waals surface area contributed by atoms with Crippen LogP contribution in [0.15, 0.2) is 36.4 Å². The highest BCUT2D eigenvalue weighted by atomic mass is 16.6. The number of carbonyl (C=O) groups excluding carboxylic acids is 2. The lowest BCUT2D eigenvalue weighted by atomic mass is 9.87. The maximum atomic E-state index is 12.7. The number of anilines is 1. The highest BCUT2D eigenvalue weighted by Gasteiger charge is 2.46. The van der Waals surface area contributed by atoms with Gasteiger partial charge in [-0.15, -0.1) is 0 Å². The molecule has 1 amide bonds. The maximum Gasteiger partial charge on any atom is 0.261 e.